The topological polar surface area (TPSA) is 147 Å². The van der Waals surface area contributed by atoms with Gasteiger partial charge in [-0.05, 0) is 67.9 Å². The molecule has 12 heteroatoms. The number of carbonyl (C=O) groups is 1. The molecule has 4 heterocycles. The van der Waals surface area contributed by atoms with E-state index in [2.05, 4.69) is 40.4 Å². The van der Waals surface area contributed by atoms with Gasteiger partial charge in [0.2, 0.25) is 17.5 Å². The van der Waals surface area contributed by atoms with Crippen LogP contribution in [0.15, 0.2) is 70.1 Å². The van der Waals surface area contributed by atoms with Gasteiger partial charge >= 0.3 is 0 Å². The third kappa shape index (κ3) is 6.62. The van der Waals surface area contributed by atoms with Crippen molar-refractivity contribution in [3.8, 4) is 17.1 Å². The summed E-state index contributed by atoms with van der Waals surface area (Å²) in [7, 11) is -3.68. The van der Waals surface area contributed by atoms with E-state index in [0.29, 0.717) is 40.5 Å². The molecule has 2 N–H and O–H groups in total. The number of rotatable bonds is 5. The number of hydrogen-bond donors (Lipinski definition) is 2. The molecule has 1 saturated carbocycles. The van der Waals surface area contributed by atoms with Crippen LogP contribution in [-0.4, -0.2) is 47.6 Å². The number of aromatic nitrogens is 4. The van der Waals surface area contributed by atoms with Gasteiger partial charge in [-0.25, -0.2) is 23.9 Å². The van der Waals surface area contributed by atoms with Crippen LogP contribution in [0.2, 0.25) is 0 Å². The monoisotopic (exact) mass is 665 g/mol. The van der Waals surface area contributed by atoms with E-state index in [-0.39, 0.29) is 41.2 Å². The molecule has 1 aliphatic carbocycles. The van der Waals surface area contributed by atoms with Gasteiger partial charge in [0.25, 0.3) is 5.91 Å². The number of ether oxygens (including phenoxy) is 1. The maximum Gasteiger partial charge on any atom is 0.254 e. The SMILES string of the molecule is Cc1cccc(C)c1-c1cc2nc(n1)NS(=N)(=O)c1cccc(c1)C(=O)N(Cc1cnc3oc(C4CC4)cc3n1)[C@H](CC(C)(C)C)CO2. The van der Waals surface area contributed by atoms with Crippen LogP contribution in [0.1, 0.15) is 78.9 Å². The number of anilines is 1. The van der Waals surface area contributed by atoms with Crippen LogP contribution in [0.3, 0.4) is 0 Å². The smallest absolute Gasteiger partial charge is 0.254 e. The number of aryl methyl sites for hydroxylation is 2. The number of hydrogen-bond acceptors (Lipinski definition) is 9. The maximum absolute atomic E-state index is 14.5. The molecule has 48 heavy (non-hydrogen) atoms. The number of fused-ring (bicyclic) bond motifs is 5. The Morgan fingerprint density at radius 3 is 2.50 bits per heavy atom. The van der Waals surface area contributed by atoms with Gasteiger partial charge in [-0.3, -0.25) is 9.52 Å². The second kappa shape index (κ2) is 12.0. The van der Waals surface area contributed by atoms with Crippen molar-refractivity contribution in [2.24, 2.45) is 5.41 Å². The zero-order valence-electron chi connectivity index (χ0n) is 27.7. The molecule has 3 aromatic heterocycles. The van der Waals surface area contributed by atoms with Crippen LogP contribution in [-0.2, 0) is 16.5 Å². The Morgan fingerprint density at radius 1 is 1.02 bits per heavy atom. The van der Waals surface area contributed by atoms with Gasteiger partial charge in [0, 0.05) is 29.2 Å². The van der Waals surface area contributed by atoms with Crippen molar-refractivity contribution >= 4 is 33.0 Å². The molecule has 1 amide bonds. The molecule has 11 nitrogen and oxygen atoms in total. The summed E-state index contributed by atoms with van der Waals surface area (Å²) < 4.78 is 37.9. The Morgan fingerprint density at radius 2 is 1.77 bits per heavy atom. The Hall–Kier alpha value is -4.84. The number of benzene rings is 2. The van der Waals surface area contributed by atoms with Gasteiger partial charge in [0.15, 0.2) is 9.92 Å². The zero-order chi connectivity index (χ0) is 33.8. The molecule has 4 bridgehead atoms. The summed E-state index contributed by atoms with van der Waals surface area (Å²) in [4.78, 5) is 35.0. The average Bonchev–Trinajstić information content (AvgIpc) is 3.79. The highest BCUT2D eigenvalue weighted by molar-refractivity contribution is 7.93. The predicted molar refractivity (Wildman–Crippen MR) is 183 cm³/mol. The molecule has 0 saturated heterocycles. The van der Waals surface area contributed by atoms with Crippen LogP contribution in [0.5, 0.6) is 5.88 Å². The van der Waals surface area contributed by atoms with E-state index in [1.54, 1.807) is 35.4 Å². The van der Waals surface area contributed by atoms with Gasteiger partial charge in [-0.2, -0.15) is 4.98 Å². The first-order valence-electron chi connectivity index (χ1n) is 16.1. The van der Waals surface area contributed by atoms with Crippen molar-refractivity contribution in [2.45, 2.75) is 77.3 Å². The molecular weight excluding hydrogens is 627 g/mol. The third-order valence-electron chi connectivity index (χ3n) is 8.68. The number of furan rings is 1. The minimum absolute atomic E-state index is 0.000358. The fourth-order valence-electron chi connectivity index (χ4n) is 6.27. The number of amides is 1. The molecule has 2 aromatic carbocycles. The summed E-state index contributed by atoms with van der Waals surface area (Å²) >= 11 is 0. The molecule has 7 rings (SSSR count). The van der Waals surface area contributed by atoms with Crippen molar-refractivity contribution < 1.29 is 18.2 Å². The number of nitrogens with one attached hydrogen (secondary N) is 2. The first-order chi connectivity index (χ1) is 22.8. The van der Waals surface area contributed by atoms with E-state index < -0.39 is 16.0 Å². The second-order valence-corrected chi connectivity index (χ2v) is 15.8. The molecule has 248 valence electrons. The summed E-state index contributed by atoms with van der Waals surface area (Å²) in [6, 6.07) is 15.7. The van der Waals surface area contributed by atoms with Gasteiger partial charge in [-0.15, -0.1) is 0 Å². The van der Waals surface area contributed by atoms with E-state index in [9.17, 15) is 9.00 Å². The lowest BCUT2D eigenvalue weighted by Gasteiger charge is -2.35. The molecule has 2 atom stereocenters. The van der Waals surface area contributed by atoms with Gasteiger partial charge in [0.05, 0.1) is 35.1 Å². The fourth-order valence-corrected chi connectivity index (χ4v) is 7.29. The van der Waals surface area contributed by atoms with Crippen molar-refractivity contribution in [1.82, 2.24) is 24.8 Å². The number of carbonyl (C=O) groups excluding carboxylic acids is 1. The lowest BCUT2D eigenvalue weighted by atomic mass is 9.87. The minimum atomic E-state index is -3.68. The molecular formula is C36H39N7O4S. The highest BCUT2D eigenvalue weighted by Gasteiger charge is 2.32. The van der Waals surface area contributed by atoms with E-state index >= 15 is 0 Å². The van der Waals surface area contributed by atoms with Crippen LogP contribution in [0.4, 0.5) is 5.95 Å². The normalized spacial score (nSPS) is 20.0. The van der Waals surface area contributed by atoms with E-state index in [0.717, 1.165) is 35.3 Å². The van der Waals surface area contributed by atoms with Gasteiger partial charge < -0.3 is 14.1 Å². The standard InChI is InChI=1S/C36H39N7O4S/c1-21-8-6-9-22(2)32(21)28-16-31-41-35(40-28)42-48(37,45)27-11-7-10-24(14-27)34(44)43(26(20-46-31)17-36(3,4)5)19-25-18-38-33-29(39-25)15-30(47-33)23-12-13-23/h6-11,14-16,18,23,26H,12-13,17,19-20H2,1-5H3,(H2,37,40,41,42,45)/t26-,48?/m1/s1. The van der Waals surface area contributed by atoms with Crippen molar-refractivity contribution in [2.75, 3.05) is 11.3 Å². The summed E-state index contributed by atoms with van der Waals surface area (Å²) in [6.45, 7) is 10.6. The molecule has 5 aromatic rings. The van der Waals surface area contributed by atoms with Crippen molar-refractivity contribution in [1.29, 1.82) is 4.78 Å². The van der Waals surface area contributed by atoms with Crippen LogP contribution in [0, 0.1) is 24.0 Å². The predicted octanol–water partition coefficient (Wildman–Crippen LogP) is 7.45. The zero-order valence-corrected chi connectivity index (χ0v) is 28.6. The Balaban J connectivity index is 1.34. The summed E-state index contributed by atoms with van der Waals surface area (Å²) in [5.74, 6) is 1.26. The van der Waals surface area contributed by atoms with E-state index in [4.69, 9.17) is 18.9 Å². The molecule has 2 aliphatic rings. The summed E-state index contributed by atoms with van der Waals surface area (Å²) in [6.07, 6.45) is 4.45. The highest BCUT2D eigenvalue weighted by Crippen LogP contribution is 2.41. The summed E-state index contributed by atoms with van der Waals surface area (Å²) in [5, 5.41) is 0. The van der Waals surface area contributed by atoms with Gasteiger partial charge in [-0.1, -0.05) is 45.0 Å². The number of nitrogens with zero attached hydrogens (tertiary/aromatic N) is 5. The first-order valence-corrected chi connectivity index (χ1v) is 17.7. The Kier molecular flexibility index (Phi) is 7.93. The Bertz CT molecular complexity index is 2130. The minimum Gasteiger partial charge on any atom is -0.475 e. The fraction of sp³-hybridized carbons (Fsp3) is 0.361. The van der Waals surface area contributed by atoms with Gasteiger partial charge in [0.1, 0.15) is 17.9 Å². The summed E-state index contributed by atoms with van der Waals surface area (Å²) in [5.41, 5.74) is 5.34. The third-order valence-corrected chi connectivity index (χ3v) is 10.1. The van der Waals surface area contributed by atoms with Crippen LogP contribution < -0.4 is 9.46 Å². The lowest BCUT2D eigenvalue weighted by molar-refractivity contribution is 0.0509. The average molecular weight is 666 g/mol. The van der Waals surface area contributed by atoms with Crippen molar-refractivity contribution in [3.05, 3.63) is 88.9 Å². The Labute approximate surface area is 280 Å². The second-order valence-electron chi connectivity index (χ2n) is 14.0. The van der Waals surface area contributed by atoms with Crippen LogP contribution in [0.25, 0.3) is 22.5 Å². The maximum atomic E-state index is 14.5. The molecule has 1 unspecified atom stereocenters. The first kappa shape index (κ1) is 31.7. The van der Waals surface area contributed by atoms with Crippen molar-refractivity contribution in [3.63, 3.8) is 0 Å². The van der Waals surface area contributed by atoms with E-state index in [1.165, 1.54) is 6.07 Å². The largest absolute Gasteiger partial charge is 0.475 e. The quantitative estimate of drug-likeness (QED) is 0.197. The molecule has 1 fully saturated rings. The molecule has 0 radical (unpaired) electrons. The molecule has 0 spiro atoms. The van der Waals surface area contributed by atoms with Crippen LogP contribution >= 0.6 is 0 Å². The van der Waals surface area contributed by atoms with E-state index in [1.807, 2.05) is 38.1 Å². The lowest BCUT2D eigenvalue weighted by Crippen LogP contribution is -2.45. The molecule has 1 aliphatic heterocycles. The highest BCUT2D eigenvalue weighted by atomic mass is 32.2.